The van der Waals surface area contributed by atoms with Gasteiger partial charge in [-0.05, 0) is 32.8 Å². The number of fused-ring (bicyclic) bond motifs is 1. The highest BCUT2D eigenvalue weighted by atomic mass is 16.2. The first-order valence-corrected chi connectivity index (χ1v) is 8.57. The zero-order chi connectivity index (χ0) is 16.7. The van der Waals surface area contributed by atoms with Crippen LogP contribution in [0.5, 0.6) is 0 Å². The van der Waals surface area contributed by atoms with Crippen LogP contribution in [-0.2, 0) is 4.79 Å². The molecule has 6 heteroatoms. The summed E-state index contributed by atoms with van der Waals surface area (Å²) >= 11 is 0. The number of nitrogens with zero attached hydrogens (tertiary/aromatic N) is 4. The number of carbonyl (C=O) groups excluding carboxylic acids is 1. The van der Waals surface area contributed by atoms with Gasteiger partial charge in [-0.1, -0.05) is 6.08 Å². The highest BCUT2D eigenvalue weighted by Crippen LogP contribution is 2.48. The second-order valence-corrected chi connectivity index (χ2v) is 7.06. The van der Waals surface area contributed by atoms with Crippen LogP contribution < -0.4 is 4.90 Å². The van der Waals surface area contributed by atoms with E-state index in [1.54, 1.807) is 6.33 Å². The molecule has 0 atom stereocenters. The Kier molecular flexibility index (Phi) is 3.55. The summed E-state index contributed by atoms with van der Waals surface area (Å²) in [5.41, 5.74) is 1.93. The number of allylic oxidation sites excluding steroid dienone is 1. The predicted molar refractivity (Wildman–Crippen MR) is 93.8 cm³/mol. The van der Waals surface area contributed by atoms with E-state index in [1.165, 1.54) is 12.8 Å². The van der Waals surface area contributed by atoms with E-state index < -0.39 is 0 Å². The molecule has 6 nitrogen and oxygen atoms in total. The first kappa shape index (κ1) is 15.2. The van der Waals surface area contributed by atoms with Gasteiger partial charge in [0.05, 0.1) is 5.39 Å². The van der Waals surface area contributed by atoms with Crippen LogP contribution in [0.1, 0.15) is 26.7 Å². The summed E-state index contributed by atoms with van der Waals surface area (Å²) in [5, 5.41) is 1.05. The van der Waals surface area contributed by atoms with Crippen molar-refractivity contribution in [1.82, 2.24) is 19.9 Å². The molecule has 2 fully saturated rings. The van der Waals surface area contributed by atoms with E-state index in [4.69, 9.17) is 0 Å². The number of rotatable bonds is 2. The lowest BCUT2D eigenvalue weighted by molar-refractivity contribution is -0.127. The molecular weight excluding hydrogens is 302 g/mol. The lowest BCUT2D eigenvalue weighted by atomic mass is 10.1. The molecule has 0 bridgehead atoms. The minimum atomic E-state index is 0.167. The van der Waals surface area contributed by atoms with Crippen LogP contribution in [0.2, 0.25) is 0 Å². The maximum Gasteiger partial charge on any atom is 0.249 e. The monoisotopic (exact) mass is 325 g/mol. The van der Waals surface area contributed by atoms with Gasteiger partial charge in [0.15, 0.2) is 0 Å². The number of anilines is 1. The van der Waals surface area contributed by atoms with Gasteiger partial charge < -0.3 is 14.8 Å². The predicted octanol–water partition coefficient (Wildman–Crippen LogP) is 2.35. The van der Waals surface area contributed by atoms with Crippen LogP contribution in [0.3, 0.4) is 0 Å². The second kappa shape index (κ2) is 5.61. The molecule has 1 amide bonds. The highest BCUT2D eigenvalue weighted by molar-refractivity contribution is 5.93. The molecule has 2 aromatic heterocycles. The standard InChI is InChI=1S/C18H23N5O/c1-3-13(2)17(24)23-9-8-22(10-18(11-23)5-6-18)16-14-4-7-19-15(14)20-12-21-16/h3-4,7,12H,5-6,8-11H2,1-2H3,(H,19,20,21)/b13-3+. The van der Waals surface area contributed by atoms with Crippen LogP contribution in [0.15, 0.2) is 30.2 Å². The van der Waals surface area contributed by atoms with E-state index >= 15 is 0 Å². The molecule has 1 aliphatic heterocycles. The van der Waals surface area contributed by atoms with Crippen molar-refractivity contribution in [3.05, 3.63) is 30.2 Å². The van der Waals surface area contributed by atoms with E-state index in [9.17, 15) is 4.79 Å². The Morgan fingerprint density at radius 1 is 1.29 bits per heavy atom. The first-order chi connectivity index (χ1) is 11.6. The lowest BCUT2D eigenvalue weighted by Crippen LogP contribution is -2.37. The van der Waals surface area contributed by atoms with Crippen molar-refractivity contribution in [2.75, 3.05) is 31.1 Å². The van der Waals surface area contributed by atoms with Crippen molar-refractivity contribution < 1.29 is 4.79 Å². The van der Waals surface area contributed by atoms with Crippen molar-refractivity contribution in [2.45, 2.75) is 26.7 Å². The number of nitrogens with one attached hydrogen (secondary N) is 1. The van der Waals surface area contributed by atoms with E-state index in [1.807, 2.05) is 37.1 Å². The maximum atomic E-state index is 12.6. The third-order valence-corrected chi connectivity index (χ3v) is 5.34. The summed E-state index contributed by atoms with van der Waals surface area (Å²) in [6.45, 7) is 7.19. The van der Waals surface area contributed by atoms with Gasteiger partial charge in [-0.15, -0.1) is 0 Å². The van der Waals surface area contributed by atoms with E-state index in [-0.39, 0.29) is 11.3 Å². The van der Waals surface area contributed by atoms with Gasteiger partial charge in [0, 0.05) is 43.4 Å². The van der Waals surface area contributed by atoms with Gasteiger partial charge in [0.1, 0.15) is 17.8 Å². The average Bonchev–Trinajstić information content (AvgIpc) is 3.24. The van der Waals surface area contributed by atoms with Gasteiger partial charge in [-0.25, -0.2) is 9.97 Å². The Morgan fingerprint density at radius 3 is 2.88 bits per heavy atom. The van der Waals surface area contributed by atoms with Crippen molar-refractivity contribution in [1.29, 1.82) is 0 Å². The zero-order valence-electron chi connectivity index (χ0n) is 14.2. The molecule has 24 heavy (non-hydrogen) atoms. The molecule has 2 aromatic rings. The van der Waals surface area contributed by atoms with Gasteiger partial charge >= 0.3 is 0 Å². The van der Waals surface area contributed by atoms with Crippen LogP contribution in [0.4, 0.5) is 5.82 Å². The summed E-state index contributed by atoms with van der Waals surface area (Å²) in [6.07, 6.45) is 7.79. The molecule has 0 unspecified atom stereocenters. The number of aromatic nitrogens is 3. The molecule has 1 saturated carbocycles. The summed E-state index contributed by atoms with van der Waals surface area (Å²) in [7, 11) is 0. The number of aromatic amines is 1. The average molecular weight is 325 g/mol. The summed E-state index contributed by atoms with van der Waals surface area (Å²) in [5.74, 6) is 1.14. The Balaban J connectivity index is 1.63. The number of hydrogen-bond acceptors (Lipinski definition) is 4. The third kappa shape index (κ3) is 2.56. The molecule has 1 saturated heterocycles. The van der Waals surface area contributed by atoms with Crippen molar-refractivity contribution in [3.63, 3.8) is 0 Å². The molecule has 4 rings (SSSR count). The van der Waals surface area contributed by atoms with Crippen LogP contribution in [0, 0.1) is 5.41 Å². The molecule has 1 spiro atoms. The van der Waals surface area contributed by atoms with Crippen molar-refractivity contribution in [2.24, 2.45) is 5.41 Å². The van der Waals surface area contributed by atoms with Gasteiger partial charge in [0.2, 0.25) is 5.91 Å². The number of H-pyrrole nitrogens is 1. The largest absolute Gasteiger partial charge is 0.354 e. The quantitative estimate of drug-likeness (QED) is 0.861. The van der Waals surface area contributed by atoms with Crippen LogP contribution >= 0.6 is 0 Å². The summed E-state index contributed by atoms with van der Waals surface area (Å²) in [6, 6.07) is 2.03. The number of amides is 1. The van der Waals surface area contributed by atoms with Gasteiger partial charge in [0.25, 0.3) is 0 Å². The van der Waals surface area contributed by atoms with Crippen molar-refractivity contribution >= 4 is 22.8 Å². The fourth-order valence-electron chi connectivity index (χ4n) is 3.59. The second-order valence-electron chi connectivity index (χ2n) is 7.06. The maximum absolute atomic E-state index is 12.6. The smallest absolute Gasteiger partial charge is 0.249 e. The van der Waals surface area contributed by atoms with E-state index in [2.05, 4.69) is 19.9 Å². The third-order valence-electron chi connectivity index (χ3n) is 5.34. The topological polar surface area (TPSA) is 65.1 Å². The molecular formula is C18H23N5O. The minimum absolute atomic E-state index is 0.167. The molecule has 3 heterocycles. The fraction of sp³-hybridized carbons (Fsp3) is 0.500. The normalized spacial score (nSPS) is 20.5. The van der Waals surface area contributed by atoms with Gasteiger partial charge in [-0.3, -0.25) is 4.79 Å². The number of hydrogen-bond donors (Lipinski definition) is 1. The Bertz CT molecular complexity index is 805. The minimum Gasteiger partial charge on any atom is -0.354 e. The Morgan fingerprint density at radius 2 is 2.12 bits per heavy atom. The molecule has 0 aromatic carbocycles. The molecule has 1 N–H and O–H groups in total. The van der Waals surface area contributed by atoms with Crippen molar-refractivity contribution in [3.8, 4) is 0 Å². The first-order valence-electron chi connectivity index (χ1n) is 8.57. The van der Waals surface area contributed by atoms with Crippen LogP contribution in [-0.4, -0.2) is 51.9 Å². The summed E-state index contributed by atoms with van der Waals surface area (Å²) < 4.78 is 0. The molecule has 1 aliphatic carbocycles. The zero-order valence-corrected chi connectivity index (χ0v) is 14.2. The van der Waals surface area contributed by atoms with Gasteiger partial charge in [-0.2, -0.15) is 0 Å². The number of carbonyl (C=O) groups is 1. The van der Waals surface area contributed by atoms with E-state index in [0.29, 0.717) is 0 Å². The fourth-order valence-corrected chi connectivity index (χ4v) is 3.59. The van der Waals surface area contributed by atoms with E-state index in [0.717, 1.165) is 48.6 Å². The lowest BCUT2D eigenvalue weighted by Gasteiger charge is -2.25. The van der Waals surface area contributed by atoms with Crippen LogP contribution in [0.25, 0.3) is 11.0 Å². The molecule has 2 aliphatic rings. The highest BCUT2D eigenvalue weighted by Gasteiger charge is 2.48. The summed E-state index contributed by atoms with van der Waals surface area (Å²) in [4.78, 5) is 29.0. The Hall–Kier alpha value is -2.37. The SMILES string of the molecule is C/C=C(\C)C(=O)N1CCN(c2ncnc3[nH]ccc23)CC2(CC2)C1. The molecule has 0 radical (unpaired) electrons. The Labute approximate surface area is 141 Å². The molecule has 126 valence electrons.